The van der Waals surface area contributed by atoms with Gasteiger partial charge in [0, 0.05) is 18.6 Å². The molecular formula is C13H12N2O6. The smallest absolute Gasteiger partial charge is 0.340 e. The number of aldehydes is 1. The molecule has 21 heavy (non-hydrogen) atoms. The van der Waals surface area contributed by atoms with E-state index in [1.165, 1.54) is 18.5 Å². The molecule has 0 spiro atoms. The van der Waals surface area contributed by atoms with E-state index in [0.717, 1.165) is 0 Å². The van der Waals surface area contributed by atoms with E-state index >= 15 is 0 Å². The number of nitrogens with zero attached hydrogens (tertiary/aromatic N) is 2. The van der Waals surface area contributed by atoms with Crippen LogP contribution in [0.25, 0.3) is 5.52 Å². The predicted octanol–water partition coefficient (Wildman–Crippen LogP) is 0.917. The molecule has 0 aliphatic carbocycles. The standard InChI is InChI=1S/C13H12N2O6/c1-7(17)21-6-8-3-4-10(20-2)15-12(8)11(13(18)19)9(5-16)14-15/h3-5H,6H2,1-2H3,(H,18,19). The van der Waals surface area contributed by atoms with Gasteiger partial charge in [0.25, 0.3) is 0 Å². The first-order valence-corrected chi connectivity index (χ1v) is 5.90. The second kappa shape index (κ2) is 5.61. The first-order chi connectivity index (χ1) is 9.99. The minimum atomic E-state index is -1.30. The van der Waals surface area contributed by atoms with Crippen LogP contribution in [0.4, 0.5) is 0 Å². The number of carboxylic acids is 1. The largest absolute Gasteiger partial charge is 0.481 e. The van der Waals surface area contributed by atoms with E-state index in [-0.39, 0.29) is 29.3 Å². The molecule has 2 aromatic heterocycles. The van der Waals surface area contributed by atoms with Crippen LogP contribution >= 0.6 is 0 Å². The van der Waals surface area contributed by atoms with Crippen molar-refractivity contribution in [1.82, 2.24) is 9.61 Å². The Balaban J connectivity index is 2.75. The summed E-state index contributed by atoms with van der Waals surface area (Å²) in [6.45, 7) is 1.11. The van der Waals surface area contributed by atoms with Crippen LogP contribution in [0.2, 0.25) is 0 Å². The van der Waals surface area contributed by atoms with Gasteiger partial charge in [-0.05, 0) is 6.07 Å². The molecule has 0 saturated heterocycles. The number of aromatic nitrogens is 2. The lowest BCUT2D eigenvalue weighted by Gasteiger charge is -2.08. The molecule has 2 aromatic rings. The molecule has 0 aliphatic rings. The number of rotatable bonds is 5. The average molecular weight is 292 g/mol. The molecular weight excluding hydrogens is 280 g/mol. The summed E-state index contributed by atoms with van der Waals surface area (Å²) in [5.41, 5.74) is 0.0799. The van der Waals surface area contributed by atoms with E-state index in [9.17, 15) is 19.5 Å². The highest BCUT2D eigenvalue weighted by atomic mass is 16.5. The van der Waals surface area contributed by atoms with E-state index in [1.54, 1.807) is 12.1 Å². The van der Waals surface area contributed by atoms with Gasteiger partial charge in [-0.25, -0.2) is 4.79 Å². The molecule has 1 N–H and O–H groups in total. The van der Waals surface area contributed by atoms with Gasteiger partial charge < -0.3 is 14.6 Å². The second-order valence-electron chi connectivity index (χ2n) is 4.12. The van der Waals surface area contributed by atoms with Gasteiger partial charge in [-0.3, -0.25) is 9.59 Å². The van der Waals surface area contributed by atoms with Crippen molar-refractivity contribution >= 4 is 23.7 Å². The average Bonchev–Trinajstić information content (AvgIpc) is 2.84. The number of carbonyl (C=O) groups is 3. The maximum absolute atomic E-state index is 11.4. The Morgan fingerprint density at radius 2 is 2.14 bits per heavy atom. The Morgan fingerprint density at radius 3 is 2.67 bits per heavy atom. The fourth-order valence-corrected chi connectivity index (χ4v) is 1.96. The summed E-state index contributed by atoms with van der Waals surface area (Å²) in [6.07, 6.45) is 0.353. The lowest BCUT2D eigenvalue weighted by atomic mass is 10.1. The number of hydrogen-bond donors (Lipinski definition) is 1. The molecule has 110 valence electrons. The number of hydrogen-bond acceptors (Lipinski definition) is 6. The van der Waals surface area contributed by atoms with Crippen LogP contribution in [0.15, 0.2) is 12.1 Å². The molecule has 0 bridgehead atoms. The molecule has 8 nitrogen and oxygen atoms in total. The van der Waals surface area contributed by atoms with Crippen molar-refractivity contribution in [2.75, 3.05) is 7.11 Å². The fraction of sp³-hybridized carbons (Fsp3) is 0.231. The number of carbonyl (C=O) groups excluding carboxylic acids is 2. The topological polar surface area (TPSA) is 107 Å². The van der Waals surface area contributed by atoms with Crippen molar-refractivity contribution in [3.05, 3.63) is 29.0 Å². The van der Waals surface area contributed by atoms with Gasteiger partial charge in [0.2, 0.25) is 5.88 Å². The van der Waals surface area contributed by atoms with E-state index in [0.29, 0.717) is 11.8 Å². The number of aromatic carboxylic acids is 1. The predicted molar refractivity (Wildman–Crippen MR) is 69.6 cm³/mol. The summed E-state index contributed by atoms with van der Waals surface area (Å²) < 4.78 is 11.2. The number of methoxy groups -OCH3 is 1. The van der Waals surface area contributed by atoms with Gasteiger partial charge in [-0.15, -0.1) is 0 Å². The van der Waals surface area contributed by atoms with Gasteiger partial charge in [0.05, 0.1) is 12.6 Å². The van der Waals surface area contributed by atoms with Gasteiger partial charge >= 0.3 is 11.9 Å². The van der Waals surface area contributed by atoms with Crippen LogP contribution < -0.4 is 4.74 Å². The highest BCUT2D eigenvalue weighted by Crippen LogP contribution is 2.25. The number of esters is 1. The Kier molecular flexibility index (Phi) is 3.88. The Morgan fingerprint density at radius 1 is 1.43 bits per heavy atom. The third kappa shape index (κ3) is 2.55. The van der Waals surface area contributed by atoms with Crippen LogP contribution in [0, 0.1) is 0 Å². The summed E-state index contributed by atoms with van der Waals surface area (Å²) in [4.78, 5) is 33.3. The third-order valence-corrected chi connectivity index (χ3v) is 2.82. The molecule has 0 atom stereocenters. The summed E-state index contributed by atoms with van der Waals surface area (Å²) in [5.74, 6) is -1.55. The van der Waals surface area contributed by atoms with Crippen molar-refractivity contribution in [3.8, 4) is 5.88 Å². The Hall–Kier alpha value is -2.90. The van der Waals surface area contributed by atoms with E-state index in [4.69, 9.17) is 9.47 Å². The highest BCUT2D eigenvalue weighted by Gasteiger charge is 2.23. The van der Waals surface area contributed by atoms with Crippen molar-refractivity contribution in [3.63, 3.8) is 0 Å². The minimum Gasteiger partial charge on any atom is -0.481 e. The molecule has 0 aliphatic heterocycles. The Bertz CT molecular complexity index is 734. The van der Waals surface area contributed by atoms with Crippen LogP contribution in [-0.4, -0.2) is 40.1 Å². The molecule has 8 heteroatoms. The molecule has 0 aromatic carbocycles. The van der Waals surface area contributed by atoms with E-state index in [2.05, 4.69) is 5.10 Å². The lowest BCUT2D eigenvalue weighted by molar-refractivity contribution is -0.142. The van der Waals surface area contributed by atoms with Crippen LogP contribution in [0.5, 0.6) is 5.88 Å². The van der Waals surface area contributed by atoms with E-state index in [1.807, 2.05) is 0 Å². The first-order valence-electron chi connectivity index (χ1n) is 5.90. The number of pyridine rings is 1. The zero-order valence-electron chi connectivity index (χ0n) is 11.3. The van der Waals surface area contributed by atoms with Crippen molar-refractivity contribution in [2.24, 2.45) is 0 Å². The lowest BCUT2D eigenvalue weighted by Crippen LogP contribution is -2.05. The molecule has 2 rings (SSSR count). The molecule has 0 unspecified atom stereocenters. The molecule has 0 fully saturated rings. The van der Waals surface area contributed by atoms with Crippen molar-refractivity contribution in [1.29, 1.82) is 0 Å². The van der Waals surface area contributed by atoms with E-state index < -0.39 is 11.9 Å². The quantitative estimate of drug-likeness (QED) is 0.644. The summed E-state index contributed by atoms with van der Waals surface area (Å²) >= 11 is 0. The molecule has 2 heterocycles. The molecule has 0 saturated carbocycles. The fourth-order valence-electron chi connectivity index (χ4n) is 1.96. The second-order valence-corrected chi connectivity index (χ2v) is 4.12. The first kappa shape index (κ1) is 14.5. The van der Waals surface area contributed by atoms with Gasteiger partial charge in [0.15, 0.2) is 6.29 Å². The molecule has 0 radical (unpaired) electrons. The maximum Gasteiger partial charge on any atom is 0.340 e. The number of carboxylic acid groups (broad SMARTS) is 1. The van der Waals surface area contributed by atoms with Crippen molar-refractivity contribution < 1.29 is 29.0 Å². The monoisotopic (exact) mass is 292 g/mol. The summed E-state index contributed by atoms with van der Waals surface area (Å²) in [6, 6.07) is 3.10. The van der Waals surface area contributed by atoms with Crippen molar-refractivity contribution in [2.45, 2.75) is 13.5 Å². The minimum absolute atomic E-state index is 0.132. The molecule has 0 amide bonds. The van der Waals surface area contributed by atoms with Crippen LogP contribution in [-0.2, 0) is 16.1 Å². The summed E-state index contributed by atoms with van der Waals surface area (Å²) in [5, 5.41) is 13.2. The number of ether oxygens (including phenoxy) is 2. The maximum atomic E-state index is 11.4. The SMILES string of the molecule is COc1ccc(COC(C)=O)c2c(C(=O)O)c(C=O)nn12. The zero-order valence-corrected chi connectivity index (χ0v) is 11.3. The van der Waals surface area contributed by atoms with Gasteiger partial charge in [-0.2, -0.15) is 9.61 Å². The van der Waals surface area contributed by atoms with Gasteiger partial charge in [0.1, 0.15) is 17.9 Å². The van der Waals surface area contributed by atoms with Crippen LogP contribution in [0.3, 0.4) is 0 Å². The van der Waals surface area contributed by atoms with Crippen LogP contribution in [0.1, 0.15) is 33.3 Å². The third-order valence-electron chi connectivity index (χ3n) is 2.82. The highest BCUT2D eigenvalue weighted by molar-refractivity contribution is 6.03. The zero-order chi connectivity index (χ0) is 15.6. The normalized spacial score (nSPS) is 10.4. The number of fused-ring (bicyclic) bond motifs is 1. The van der Waals surface area contributed by atoms with Gasteiger partial charge in [-0.1, -0.05) is 0 Å². The Labute approximate surface area is 118 Å². The summed E-state index contributed by atoms with van der Waals surface area (Å²) in [7, 11) is 1.39.